The van der Waals surface area contributed by atoms with Crippen molar-refractivity contribution in [1.82, 2.24) is 0 Å². The molecule has 1 rings (SSSR count). The number of aromatic hydroxyl groups is 1. The van der Waals surface area contributed by atoms with Crippen LogP contribution in [-0.4, -0.2) is 19.3 Å². The lowest BCUT2D eigenvalue weighted by molar-refractivity contribution is 0.333. The molecular formula is C8H7Cl3O3. The van der Waals surface area contributed by atoms with Crippen LogP contribution in [0, 0.1) is 0 Å². The first kappa shape index (κ1) is 11.6. The lowest BCUT2D eigenvalue weighted by Gasteiger charge is -2.13. The molecule has 0 saturated heterocycles. The number of phenols is 1. The minimum Gasteiger partial charge on any atom is -0.503 e. The van der Waals surface area contributed by atoms with Crippen molar-refractivity contribution in [1.29, 1.82) is 0 Å². The fourth-order valence-electron chi connectivity index (χ4n) is 0.979. The normalized spacial score (nSPS) is 10.1. The second-order valence-electron chi connectivity index (χ2n) is 2.36. The van der Waals surface area contributed by atoms with Crippen molar-refractivity contribution in [2.45, 2.75) is 0 Å². The van der Waals surface area contributed by atoms with Crippen LogP contribution in [0.1, 0.15) is 0 Å². The van der Waals surface area contributed by atoms with E-state index in [1.165, 1.54) is 14.2 Å². The number of hydrogen-bond acceptors (Lipinski definition) is 3. The predicted molar refractivity (Wildman–Crippen MR) is 56.2 cm³/mol. The van der Waals surface area contributed by atoms with Crippen molar-refractivity contribution >= 4 is 34.8 Å². The van der Waals surface area contributed by atoms with E-state index in [1.54, 1.807) is 0 Å². The largest absolute Gasteiger partial charge is 0.503 e. The molecule has 0 spiro atoms. The second-order valence-corrected chi connectivity index (χ2v) is 3.49. The molecule has 0 aliphatic heterocycles. The number of rotatable bonds is 2. The van der Waals surface area contributed by atoms with E-state index in [9.17, 15) is 5.11 Å². The van der Waals surface area contributed by atoms with Crippen LogP contribution in [0.4, 0.5) is 0 Å². The number of phenolic OH excluding ortho intramolecular Hbond substituents is 1. The second kappa shape index (κ2) is 4.34. The molecule has 0 unspecified atom stereocenters. The summed E-state index contributed by atoms with van der Waals surface area (Å²) in [5.74, 6) is -0.0756. The molecule has 78 valence electrons. The Morgan fingerprint density at radius 3 is 1.79 bits per heavy atom. The highest BCUT2D eigenvalue weighted by Crippen LogP contribution is 2.51. The molecule has 1 N–H and O–H groups in total. The average Bonchev–Trinajstić information content (AvgIpc) is 2.20. The van der Waals surface area contributed by atoms with Gasteiger partial charge >= 0.3 is 0 Å². The topological polar surface area (TPSA) is 38.7 Å². The Kier molecular flexibility index (Phi) is 3.59. The Morgan fingerprint density at radius 1 is 0.857 bits per heavy atom. The maximum atomic E-state index is 9.53. The zero-order valence-electron chi connectivity index (χ0n) is 7.40. The van der Waals surface area contributed by atoms with E-state index in [4.69, 9.17) is 44.3 Å². The average molecular weight is 257 g/mol. The Bertz CT molecular complexity index is 331. The van der Waals surface area contributed by atoms with E-state index in [0.717, 1.165) is 0 Å². The highest BCUT2D eigenvalue weighted by atomic mass is 35.5. The van der Waals surface area contributed by atoms with Crippen LogP contribution < -0.4 is 9.47 Å². The summed E-state index contributed by atoms with van der Waals surface area (Å²) in [5, 5.41) is 9.61. The quantitative estimate of drug-likeness (QED) is 0.826. The summed E-state index contributed by atoms with van der Waals surface area (Å²) < 4.78 is 9.80. The van der Waals surface area contributed by atoms with E-state index < -0.39 is 0 Å². The number of methoxy groups -OCH3 is 2. The van der Waals surface area contributed by atoms with Crippen LogP contribution in [0.2, 0.25) is 15.1 Å². The lowest BCUT2D eigenvalue weighted by atomic mass is 10.3. The Balaban J connectivity index is 3.57. The monoisotopic (exact) mass is 256 g/mol. The SMILES string of the molecule is COc1c(O)c(Cl)c(Cl)c(Cl)c1OC. The van der Waals surface area contributed by atoms with Gasteiger partial charge in [-0.2, -0.15) is 0 Å². The van der Waals surface area contributed by atoms with Gasteiger partial charge in [0.2, 0.25) is 5.75 Å². The van der Waals surface area contributed by atoms with Crippen LogP contribution >= 0.6 is 34.8 Å². The van der Waals surface area contributed by atoms with E-state index in [0.29, 0.717) is 0 Å². The number of hydrogen-bond donors (Lipinski definition) is 1. The molecule has 0 bridgehead atoms. The molecular weight excluding hydrogens is 250 g/mol. The molecule has 1 aromatic rings. The Morgan fingerprint density at radius 2 is 1.36 bits per heavy atom. The van der Waals surface area contributed by atoms with Crippen molar-refractivity contribution in [2.75, 3.05) is 14.2 Å². The van der Waals surface area contributed by atoms with Crippen molar-refractivity contribution in [2.24, 2.45) is 0 Å². The highest BCUT2D eigenvalue weighted by molar-refractivity contribution is 6.49. The van der Waals surface area contributed by atoms with Gasteiger partial charge < -0.3 is 14.6 Å². The third kappa shape index (κ3) is 1.67. The van der Waals surface area contributed by atoms with Gasteiger partial charge in [-0.3, -0.25) is 0 Å². The first-order valence-corrected chi connectivity index (χ1v) is 4.65. The summed E-state index contributed by atoms with van der Waals surface area (Å²) in [6.45, 7) is 0. The highest BCUT2D eigenvalue weighted by Gasteiger charge is 2.22. The molecule has 0 amide bonds. The van der Waals surface area contributed by atoms with Crippen LogP contribution in [-0.2, 0) is 0 Å². The minimum absolute atomic E-state index is 0.0310. The predicted octanol–water partition coefficient (Wildman–Crippen LogP) is 3.37. The van der Waals surface area contributed by atoms with Gasteiger partial charge in [0, 0.05) is 0 Å². The molecule has 1 aromatic carbocycles. The third-order valence-electron chi connectivity index (χ3n) is 1.62. The number of halogens is 3. The molecule has 0 fully saturated rings. The van der Waals surface area contributed by atoms with Gasteiger partial charge in [-0.25, -0.2) is 0 Å². The van der Waals surface area contributed by atoms with E-state index in [1.807, 2.05) is 0 Å². The molecule has 0 heterocycles. The molecule has 0 saturated carbocycles. The molecule has 0 aromatic heterocycles. The standard InChI is InChI=1S/C8H7Cl3O3/c1-13-7-5(11)3(9)4(10)6(12)8(7)14-2/h12H,1-2H3. The van der Waals surface area contributed by atoms with Crippen LogP contribution in [0.15, 0.2) is 0 Å². The smallest absolute Gasteiger partial charge is 0.206 e. The summed E-state index contributed by atoms with van der Waals surface area (Å²) >= 11 is 17.3. The Labute approximate surface area is 96.1 Å². The fourth-order valence-corrected chi connectivity index (χ4v) is 1.64. The third-order valence-corrected chi connectivity index (χ3v) is 2.92. The summed E-state index contributed by atoms with van der Waals surface area (Å²) in [6, 6.07) is 0. The lowest BCUT2D eigenvalue weighted by Crippen LogP contribution is -1.93. The first-order chi connectivity index (χ1) is 6.54. The van der Waals surface area contributed by atoms with Gasteiger partial charge in [-0.05, 0) is 0 Å². The maximum absolute atomic E-state index is 9.53. The molecule has 0 aliphatic carbocycles. The fraction of sp³-hybridized carbons (Fsp3) is 0.250. The van der Waals surface area contributed by atoms with Gasteiger partial charge in [-0.15, -0.1) is 0 Å². The van der Waals surface area contributed by atoms with E-state index in [-0.39, 0.29) is 32.3 Å². The summed E-state index contributed by atoms with van der Waals surface area (Å²) in [4.78, 5) is 0. The van der Waals surface area contributed by atoms with Crippen LogP contribution in [0.25, 0.3) is 0 Å². The summed E-state index contributed by atoms with van der Waals surface area (Å²) in [5.41, 5.74) is 0. The molecule has 0 radical (unpaired) electrons. The van der Waals surface area contributed by atoms with Gasteiger partial charge in [0.1, 0.15) is 10.0 Å². The molecule has 0 aliphatic rings. The number of ether oxygens (including phenoxy) is 2. The van der Waals surface area contributed by atoms with E-state index >= 15 is 0 Å². The molecule has 6 heteroatoms. The van der Waals surface area contributed by atoms with Gasteiger partial charge in [0.05, 0.1) is 19.2 Å². The van der Waals surface area contributed by atoms with Gasteiger partial charge in [0.25, 0.3) is 0 Å². The van der Waals surface area contributed by atoms with Gasteiger partial charge in [-0.1, -0.05) is 34.8 Å². The summed E-state index contributed by atoms with van der Waals surface area (Å²) in [6.07, 6.45) is 0. The maximum Gasteiger partial charge on any atom is 0.206 e. The molecule has 0 atom stereocenters. The van der Waals surface area contributed by atoms with Crippen molar-refractivity contribution < 1.29 is 14.6 Å². The van der Waals surface area contributed by atoms with Crippen molar-refractivity contribution in [3.8, 4) is 17.2 Å². The number of benzene rings is 1. The van der Waals surface area contributed by atoms with Gasteiger partial charge in [0.15, 0.2) is 11.5 Å². The molecule has 3 nitrogen and oxygen atoms in total. The zero-order chi connectivity index (χ0) is 10.9. The summed E-state index contributed by atoms with van der Waals surface area (Å²) in [7, 11) is 2.74. The minimum atomic E-state index is -0.291. The van der Waals surface area contributed by atoms with Crippen molar-refractivity contribution in [3.63, 3.8) is 0 Å². The van der Waals surface area contributed by atoms with Crippen molar-refractivity contribution in [3.05, 3.63) is 15.1 Å². The van der Waals surface area contributed by atoms with E-state index in [2.05, 4.69) is 0 Å². The first-order valence-electron chi connectivity index (χ1n) is 3.52. The van der Waals surface area contributed by atoms with Crippen LogP contribution in [0.5, 0.6) is 17.2 Å². The van der Waals surface area contributed by atoms with Crippen LogP contribution in [0.3, 0.4) is 0 Å². The molecule has 14 heavy (non-hydrogen) atoms. The zero-order valence-corrected chi connectivity index (χ0v) is 9.67. The Hall–Kier alpha value is -0.510.